The number of ether oxygens (including phenoxy) is 1. The van der Waals surface area contributed by atoms with Gasteiger partial charge in [0.1, 0.15) is 5.75 Å². The van der Waals surface area contributed by atoms with Crippen LogP contribution < -0.4 is 14.4 Å². The smallest absolute Gasteiger partial charge is 0.264 e. The Morgan fingerprint density at radius 3 is 2.39 bits per heavy atom. The maximum Gasteiger partial charge on any atom is 0.264 e. The molecular weight excluding hydrogens is 474 g/mol. The third kappa shape index (κ3) is 4.02. The molecule has 0 bridgehead atoms. The summed E-state index contributed by atoms with van der Waals surface area (Å²) >= 11 is 0. The second-order valence-electron chi connectivity index (χ2n) is 10.0. The van der Waals surface area contributed by atoms with Gasteiger partial charge < -0.3 is 15.0 Å². The summed E-state index contributed by atoms with van der Waals surface area (Å²) in [5.41, 5.74) is 1.25. The quantitative estimate of drug-likeness (QED) is 0.520. The van der Waals surface area contributed by atoms with Crippen molar-refractivity contribution >= 4 is 32.4 Å². The molecule has 1 atom stereocenters. The number of rotatable bonds is 7. The molecule has 1 aliphatic carbocycles. The van der Waals surface area contributed by atoms with Crippen molar-refractivity contribution in [1.82, 2.24) is 10.2 Å². The third-order valence-electron chi connectivity index (χ3n) is 7.95. The molecule has 5 rings (SSSR count). The van der Waals surface area contributed by atoms with Crippen LogP contribution in [0.15, 0.2) is 65.6 Å². The molecule has 36 heavy (non-hydrogen) atoms. The molecule has 3 aromatic rings. The number of hydrogen-bond acceptors (Lipinski definition) is 5. The first-order valence-electron chi connectivity index (χ1n) is 12.4. The van der Waals surface area contributed by atoms with Crippen molar-refractivity contribution in [2.75, 3.05) is 38.6 Å². The maximum absolute atomic E-state index is 14.0. The van der Waals surface area contributed by atoms with Crippen LogP contribution in [-0.2, 0) is 14.8 Å². The van der Waals surface area contributed by atoms with Gasteiger partial charge >= 0.3 is 0 Å². The molecule has 1 saturated carbocycles. The zero-order valence-corrected chi connectivity index (χ0v) is 21.8. The van der Waals surface area contributed by atoms with Gasteiger partial charge in [-0.3, -0.25) is 9.10 Å². The number of amides is 1. The molecule has 3 aromatic carbocycles. The number of nitrogens with zero attached hydrogens (tertiary/aromatic N) is 2. The molecule has 1 amide bonds. The van der Waals surface area contributed by atoms with Gasteiger partial charge in [0.05, 0.1) is 30.2 Å². The number of methoxy groups -OCH3 is 1. The van der Waals surface area contributed by atoms with Gasteiger partial charge in [-0.05, 0) is 50.7 Å². The molecule has 1 heterocycles. The van der Waals surface area contributed by atoms with Crippen LogP contribution in [0.25, 0.3) is 10.8 Å². The van der Waals surface area contributed by atoms with E-state index < -0.39 is 15.9 Å². The van der Waals surface area contributed by atoms with Crippen LogP contribution in [0.1, 0.15) is 37.2 Å². The van der Waals surface area contributed by atoms with E-state index in [0.717, 1.165) is 36.6 Å². The average molecular weight is 508 g/mol. The number of hydrogen-bond donors (Lipinski definition) is 1. The van der Waals surface area contributed by atoms with E-state index in [2.05, 4.69) is 24.3 Å². The minimum absolute atomic E-state index is 0.0401. The van der Waals surface area contributed by atoms with Gasteiger partial charge in [0.15, 0.2) is 0 Å². The summed E-state index contributed by atoms with van der Waals surface area (Å²) in [6.45, 7) is 0.635. The van der Waals surface area contributed by atoms with Crippen LogP contribution in [-0.4, -0.2) is 59.1 Å². The average Bonchev–Trinajstić information content (AvgIpc) is 3.53. The van der Waals surface area contributed by atoms with Gasteiger partial charge in [-0.15, -0.1) is 0 Å². The number of sulfonamides is 1. The summed E-state index contributed by atoms with van der Waals surface area (Å²) in [4.78, 5) is 15.9. The lowest BCUT2D eigenvalue weighted by Crippen LogP contribution is -2.51. The predicted octanol–water partition coefficient (Wildman–Crippen LogP) is 4.13. The third-order valence-corrected chi connectivity index (χ3v) is 9.79. The van der Waals surface area contributed by atoms with Crippen molar-refractivity contribution in [2.24, 2.45) is 0 Å². The summed E-state index contributed by atoms with van der Waals surface area (Å²) in [6, 6.07) is 17.9. The largest absolute Gasteiger partial charge is 0.496 e. The Kier molecular flexibility index (Phi) is 6.43. The molecule has 0 saturated heterocycles. The SMILES string of the molecule is COc1ccc(S(=O)(=O)N2CC(C(=O)NCC3(N(C)C)CCCC3)c3ccccc32)c2ccccc12. The van der Waals surface area contributed by atoms with Crippen molar-refractivity contribution < 1.29 is 17.9 Å². The Bertz CT molecular complexity index is 1400. The second-order valence-corrected chi connectivity index (χ2v) is 11.8. The Hall–Kier alpha value is -3.10. The fourth-order valence-corrected chi connectivity index (χ4v) is 7.48. The molecule has 1 fully saturated rings. The van der Waals surface area contributed by atoms with Crippen LogP contribution in [0.3, 0.4) is 0 Å². The van der Waals surface area contributed by atoms with E-state index in [1.807, 2.05) is 36.4 Å². The molecule has 8 heteroatoms. The van der Waals surface area contributed by atoms with E-state index in [9.17, 15) is 13.2 Å². The van der Waals surface area contributed by atoms with Crippen LogP contribution in [0.4, 0.5) is 5.69 Å². The second kappa shape index (κ2) is 9.41. The molecule has 190 valence electrons. The highest BCUT2D eigenvalue weighted by Gasteiger charge is 2.42. The minimum atomic E-state index is -3.94. The lowest BCUT2D eigenvalue weighted by Gasteiger charge is -2.36. The molecule has 1 aliphatic heterocycles. The number of benzene rings is 3. The fraction of sp³-hybridized carbons (Fsp3) is 0.393. The number of fused-ring (bicyclic) bond motifs is 2. The minimum Gasteiger partial charge on any atom is -0.496 e. The first kappa shape index (κ1) is 24.6. The maximum atomic E-state index is 14.0. The number of nitrogens with one attached hydrogen (secondary N) is 1. The number of para-hydroxylation sites is 1. The number of carbonyl (C=O) groups is 1. The summed E-state index contributed by atoms with van der Waals surface area (Å²) in [7, 11) is 1.77. The van der Waals surface area contributed by atoms with E-state index >= 15 is 0 Å². The van der Waals surface area contributed by atoms with Gasteiger partial charge in [-0.25, -0.2) is 8.42 Å². The van der Waals surface area contributed by atoms with Gasteiger partial charge in [-0.1, -0.05) is 55.3 Å². The summed E-state index contributed by atoms with van der Waals surface area (Å²) < 4.78 is 34.9. The first-order chi connectivity index (χ1) is 17.3. The normalized spacial score (nSPS) is 19.0. The van der Waals surface area contributed by atoms with E-state index in [1.54, 1.807) is 31.4 Å². The predicted molar refractivity (Wildman–Crippen MR) is 142 cm³/mol. The van der Waals surface area contributed by atoms with Gasteiger partial charge in [0.25, 0.3) is 10.0 Å². The van der Waals surface area contributed by atoms with Crippen LogP contribution >= 0.6 is 0 Å². The van der Waals surface area contributed by atoms with Crippen LogP contribution in [0.2, 0.25) is 0 Å². The fourth-order valence-electron chi connectivity index (χ4n) is 5.78. The Morgan fingerprint density at radius 1 is 1.03 bits per heavy atom. The zero-order valence-electron chi connectivity index (χ0n) is 21.0. The Balaban J connectivity index is 1.47. The van der Waals surface area contributed by atoms with Crippen LogP contribution in [0, 0.1) is 0 Å². The molecule has 1 N–H and O–H groups in total. The summed E-state index contributed by atoms with van der Waals surface area (Å²) in [6.07, 6.45) is 4.41. The molecule has 1 unspecified atom stereocenters. The van der Waals surface area contributed by atoms with Gasteiger partial charge in [-0.2, -0.15) is 0 Å². The van der Waals surface area contributed by atoms with E-state index in [1.165, 1.54) is 4.31 Å². The highest BCUT2D eigenvalue weighted by Crippen LogP contribution is 2.42. The Labute approximate surface area is 213 Å². The zero-order chi connectivity index (χ0) is 25.5. The summed E-state index contributed by atoms with van der Waals surface area (Å²) in [5, 5.41) is 4.49. The van der Waals surface area contributed by atoms with Crippen LogP contribution in [0.5, 0.6) is 5.75 Å². The van der Waals surface area contributed by atoms with E-state index in [0.29, 0.717) is 23.4 Å². The number of carbonyl (C=O) groups excluding carboxylic acids is 1. The van der Waals surface area contributed by atoms with Crippen molar-refractivity contribution in [3.63, 3.8) is 0 Å². The topological polar surface area (TPSA) is 79.0 Å². The van der Waals surface area contributed by atoms with Gasteiger partial charge in [0.2, 0.25) is 5.91 Å². The Morgan fingerprint density at radius 2 is 1.69 bits per heavy atom. The lowest BCUT2D eigenvalue weighted by atomic mass is 9.95. The summed E-state index contributed by atoms with van der Waals surface area (Å²) in [5.74, 6) is -0.0840. The lowest BCUT2D eigenvalue weighted by molar-refractivity contribution is -0.122. The molecule has 0 spiro atoms. The molecule has 2 aliphatic rings. The molecule has 0 radical (unpaired) electrons. The van der Waals surface area contributed by atoms with Crippen molar-refractivity contribution in [3.05, 3.63) is 66.2 Å². The van der Waals surface area contributed by atoms with Crippen molar-refractivity contribution in [1.29, 1.82) is 0 Å². The molecular formula is C28H33N3O4S. The van der Waals surface area contributed by atoms with Gasteiger partial charge in [0, 0.05) is 22.9 Å². The van der Waals surface area contributed by atoms with E-state index in [-0.39, 0.29) is 22.9 Å². The monoisotopic (exact) mass is 507 g/mol. The highest BCUT2D eigenvalue weighted by molar-refractivity contribution is 7.93. The number of anilines is 1. The first-order valence-corrected chi connectivity index (χ1v) is 13.8. The molecule has 0 aromatic heterocycles. The van der Waals surface area contributed by atoms with E-state index in [4.69, 9.17) is 4.74 Å². The molecule has 7 nitrogen and oxygen atoms in total. The number of likely N-dealkylation sites (N-methyl/N-ethyl adjacent to an activating group) is 1. The van der Waals surface area contributed by atoms with Crippen molar-refractivity contribution in [2.45, 2.75) is 42.0 Å². The van der Waals surface area contributed by atoms with Crippen molar-refractivity contribution in [3.8, 4) is 5.75 Å². The highest BCUT2D eigenvalue weighted by atomic mass is 32.2. The standard InChI is InChI=1S/C28H33N3O4S/c1-30(2)28(16-8-9-17-28)19-29-27(32)23-18-31(24-13-7-6-10-20(23)24)36(33,34)26-15-14-25(35-3)21-11-4-5-12-22(21)26/h4-7,10-15,23H,8-9,16-19H2,1-3H3,(H,29,32).